The number of amides is 2. The molecule has 5 heteroatoms. The predicted molar refractivity (Wildman–Crippen MR) is 114 cm³/mol. The zero-order valence-electron chi connectivity index (χ0n) is 16.8. The fourth-order valence-corrected chi connectivity index (χ4v) is 3.47. The smallest absolute Gasteiger partial charge is 0.253 e. The van der Waals surface area contributed by atoms with E-state index in [-0.39, 0.29) is 18.4 Å². The molecular weight excluding hydrogens is 350 g/mol. The van der Waals surface area contributed by atoms with Gasteiger partial charge in [-0.3, -0.25) is 9.59 Å². The van der Waals surface area contributed by atoms with E-state index in [1.165, 1.54) is 12.8 Å². The van der Waals surface area contributed by atoms with Gasteiger partial charge in [0.1, 0.15) is 0 Å². The summed E-state index contributed by atoms with van der Waals surface area (Å²) < 4.78 is 0. The molecule has 1 aliphatic heterocycles. The molecule has 1 saturated heterocycles. The number of anilines is 2. The van der Waals surface area contributed by atoms with E-state index in [2.05, 4.69) is 10.6 Å². The standard InChI is InChI=1S/C23H29N3O2/c1-17-10-11-18(2)21(14-17)25-22(27)16-24-20-9-7-8-19(15-20)23(28)26-12-5-3-4-6-13-26/h7-11,14-15,24H,3-6,12-13,16H2,1-2H3,(H,25,27). The average molecular weight is 380 g/mol. The summed E-state index contributed by atoms with van der Waals surface area (Å²) in [4.78, 5) is 27.0. The Bertz CT molecular complexity index is 839. The van der Waals surface area contributed by atoms with E-state index >= 15 is 0 Å². The minimum absolute atomic E-state index is 0.0744. The van der Waals surface area contributed by atoms with Crippen molar-refractivity contribution < 1.29 is 9.59 Å². The Morgan fingerprint density at radius 1 is 0.964 bits per heavy atom. The number of nitrogens with one attached hydrogen (secondary N) is 2. The molecule has 0 atom stereocenters. The number of aryl methyl sites for hydroxylation is 2. The number of benzene rings is 2. The number of carbonyl (C=O) groups excluding carboxylic acids is 2. The largest absolute Gasteiger partial charge is 0.376 e. The van der Waals surface area contributed by atoms with Crippen molar-refractivity contribution in [2.24, 2.45) is 0 Å². The normalized spacial score (nSPS) is 14.3. The van der Waals surface area contributed by atoms with Crippen molar-refractivity contribution in [1.82, 2.24) is 4.90 Å². The first-order chi connectivity index (χ1) is 13.5. The highest BCUT2D eigenvalue weighted by atomic mass is 16.2. The first-order valence-corrected chi connectivity index (χ1v) is 10.0. The Balaban J connectivity index is 1.59. The van der Waals surface area contributed by atoms with Gasteiger partial charge in [0.15, 0.2) is 0 Å². The summed E-state index contributed by atoms with van der Waals surface area (Å²) in [5, 5.41) is 6.07. The summed E-state index contributed by atoms with van der Waals surface area (Å²) in [6.07, 6.45) is 4.53. The highest BCUT2D eigenvalue weighted by molar-refractivity contribution is 5.96. The second-order valence-corrected chi connectivity index (χ2v) is 7.51. The zero-order valence-corrected chi connectivity index (χ0v) is 16.8. The van der Waals surface area contributed by atoms with Gasteiger partial charge in [-0.15, -0.1) is 0 Å². The maximum Gasteiger partial charge on any atom is 0.253 e. The van der Waals surface area contributed by atoms with Gasteiger partial charge >= 0.3 is 0 Å². The molecule has 0 radical (unpaired) electrons. The third-order valence-electron chi connectivity index (χ3n) is 5.12. The van der Waals surface area contributed by atoms with Crippen LogP contribution >= 0.6 is 0 Å². The minimum atomic E-state index is -0.113. The average Bonchev–Trinajstić information content (AvgIpc) is 2.98. The molecule has 0 bridgehead atoms. The van der Waals surface area contributed by atoms with Crippen molar-refractivity contribution in [2.75, 3.05) is 30.3 Å². The summed E-state index contributed by atoms with van der Waals surface area (Å²) in [5.74, 6) is -0.0386. The number of likely N-dealkylation sites (tertiary alicyclic amines) is 1. The van der Waals surface area contributed by atoms with E-state index in [0.717, 1.165) is 48.4 Å². The molecule has 3 rings (SSSR count). The van der Waals surface area contributed by atoms with Crippen LogP contribution in [0.25, 0.3) is 0 Å². The molecule has 1 heterocycles. The summed E-state index contributed by atoms with van der Waals surface area (Å²) in [7, 11) is 0. The van der Waals surface area contributed by atoms with Crippen LogP contribution in [0.15, 0.2) is 42.5 Å². The first-order valence-electron chi connectivity index (χ1n) is 10.0. The van der Waals surface area contributed by atoms with E-state index in [1.807, 2.05) is 61.2 Å². The van der Waals surface area contributed by atoms with Crippen LogP contribution in [-0.4, -0.2) is 36.3 Å². The highest BCUT2D eigenvalue weighted by Crippen LogP contribution is 2.18. The number of hydrogen-bond acceptors (Lipinski definition) is 3. The molecule has 0 aliphatic carbocycles. The quantitative estimate of drug-likeness (QED) is 0.811. The van der Waals surface area contributed by atoms with Crippen LogP contribution in [0.4, 0.5) is 11.4 Å². The van der Waals surface area contributed by atoms with Crippen LogP contribution in [-0.2, 0) is 4.79 Å². The van der Waals surface area contributed by atoms with Gasteiger partial charge in [-0.2, -0.15) is 0 Å². The van der Waals surface area contributed by atoms with Crippen LogP contribution in [0, 0.1) is 13.8 Å². The molecule has 2 amide bonds. The molecule has 2 aromatic rings. The molecule has 0 unspecified atom stereocenters. The summed E-state index contributed by atoms with van der Waals surface area (Å²) >= 11 is 0. The molecular formula is C23H29N3O2. The summed E-state index contributed by atoms with van der Waals surface area (Å²) in [6, 6.07) is 13.4. The van der Waals surface area contributed by atoms with E-state index in [4.69, 9.17) is 0 Å². The number of rotatable bonds is 5. The molecule has 28 heavy (non-hydrogen) atoms. The van der Waals surface area contributed by atoms with E-state index < -0.39 is 0 Å². The lowest BCUT2D eigenvalue weighted by Gasteiger charge is -2.20. The Morgan fingerprint density at radius 3 is 2.46 bits per heavy atom. The Morgan fingerprint density at radius 2 is 1.71 bits per heavy atom. The lowest BCUT2D eigenvalue weighted by atomic mass is 10.1. The Hall–Kier alpha value is -2.82. The lowest BCUT2D eigenvalue weighted by Crippen LogP contribution is -2.31. The first kappa shape index (κ1) is 19.9. The summed E-state index contributed by atoms with van der Waals surface area (Å²) in [6.45, 7) is 5.78. The molecule has 0 spiro atoms. The number of carbonyl (C=O) groups is 2. The van der Waals surface area contributed by atoms with Gasteiger partial charge in [-0.05, 0) is 62.1 Å². The third kappa shape index (κ3) is 5.35. The minimum Gasteiger partial charge on any atom is -0.376 e. The van der Waals surface area contributed by atoms with Crippen molar-refractivity contribution in [3.8, 4) is 0 Å². The van der Waals surface area contributed by atoms with Crippen LogP contribution in [0.5, 0.6) is 0 Å². The van der Waals surface area contributed by atoms with Crippen molar-refractivity contribution in [3.63, 3.8) is 0 Å². The maximum atomic E-state index is 12.8. The van der Waals surface area contributed by atoms with Crippen LogP contribution in [0.2, 0.25) is 0 Å². The van der Waals surface area contributed by atoms with Crippen molar-refractivity contribution >= 4 is 23.2 Å². The highest BCUT2D eigenvalue weighted by Gasteiger charge is 2.17. The van der Waals surface area contributed by atoms with Crippen LogP contribution in [0.3, 0.4) is 0 Å². The predicted octanol–water partition coefficient (Wildman–Crippen LogP) is 4.37. The van der Waals surface area contributed by atoms with Gasteiger partial charge in [-0.1, -0.05) is 31.0 Å². The molecule has 148 valence electrons. The van der Waals surface area contributed by atoms with Crippen molar-refractivity contribution in [3.05, 3.63) is 59.2 Å². The second kappa shape index (κ2) is 9.40. The maximum absolute atomic E-state index is 12.8. The number of hydrogen-bond donors (Lipinski definition) is 2. The van der Waals surface area contributed by atoms with Gasteiger partial charge in [0.2, 0.25) is 5.91 Å². The van der Waals surface area contributed by atoms with Crippen LogP contribution in [0.1, 0.15) is 47.2 Å². The molecule has 1 fully saturated rings. The lowest BCUT2D eigenvalue weighted by molar-refractivity contribution is -0.114. The molecule has 0 saturated carbocycles. The Kier molecular flexibility index (Phi) is 6.69. The molecule has 0 aromatic heterocycles. The molecule has 2 aromatic carbocycles. The fourth-order valence-electron chi connectivity index (χ4n) is 3.47. The third-order valence-corrected chi connectivity index (χ3v) is 5.12. The molecule has 5 nitrogen and oxygen atoms in total. The van der Waals surface area contributed by atoms with Crippen LogP contribution < -0.4 is 10.6 Å². The van der Waals surface area contributed by atoms with E-state index in [1.54, 1.807) is 0 Å². The molecule has 2 N–H and O–H groups in total. The Labute approximate surface area is 167 Å². The second-order valence-electron chi connectivity index (χ2n) is 7.51. The zero-order chi connectivity index (χ0) is 19.9. The van der Waals surface area contributed by atoms with Crippen molar-refractivity contribution in [2.45, 2.75) is 39.5 Å². The fraction of sp³-hybridized carbons (Fsp3) is 0.391. The van der Waals surface area contributed by atoms with E-state index in [0.29, 0.717) is 5.56 Å². The van der Waals surface area contributed by atoms with Crippen molar-refractivity contribution in [1.29, 1.82) is 0 Å². The summed E-state index contributed by atoms with van der Waals surface area (Å²) in [5.41, 5.74) is 4.41. The topological polar surface area (TPSA) is 61.4 Å². The SMILES string of the molecule is Cc1ccc(C)c(NC(=O)CNc2cccc(C(=O)N3CCCCCC3)c2)c1. The number of nitrogens with zero attached hydrogens (tertiary/aromatic N) is 1. The monoisotopic (exact) mass is 379 g/mol. The van der Waals surface area contributed by atoms with Gasteiger partial charge in [-0.25, -0.2) is 0 Å². The molecule has 1 aliphatic rings. The van der Waals surface area contributed by atoms with Gasteiger partial charge in [0.05, 0.1) is 6.54 Å². The van der Waals surface area contributed by atoms with Gasteiger partial charge in [0, 0.05) is 30.0 Å². The van der Waals surface area contributed by atoms with Gasteiger partial charge in [0.25, 0.3) is 5.91 Å². The van der Waals surface area contributed by atoms with E-state index in [9.17, 15) is 9.59 Å². The van der Waals surface area contributed by atoms with Gasteiger partial charge < -0.3 is 15.5 Å².